The number of anilines is 1. The number of aliphatic hydroxyl groups excluding tert-OH is 1. The SMILES string of the molecule is CC(C)(C)OC(=O)N1CCC(Oc2ccc(CC(O)c3ccc4ccc(C#N)cc4c3)c(N)c2)CC1. The molecular weight excluding hydrogens is 454 g/mol. The number of amides is 1. The van der Waals surface area contributed by atoms with E-state index in [2.05, 4.69) is 6.07 Å². The summed E-state index contributed by atoms with van der Waals surface area (Å²) in [5.74, 6) is 0.677. The number of fused-ring (bicyclic) bond motifs is 1. The number of hydrogen-bond donors (Lipinski definition) is 2. The molecule has 188 valence electrons. The molecule has 1 aliphatic heterocycles. The normalized spacial score (nSPS) is 15.4. The van der Waals surface area contributed by atoms with Crippen LogP contribution < -0.4 is 10.5 Å². The van der Waals surface area contributed by atoms with Crippen molar-refractivity contribution in [2.75, 3.05) is 18.8 Å². The molecule has 0 aromatic heterocycles. The summed E-state index contributed by atoms with van der Waals surface area (Å²) >= 11 is 0. The third-order valence-electron chi connectivity index (χ3n) is 6.31. The standard InChI is InChI=1S/C29H33N3O4/c1-29(2,3)36-28(34)32-12-10-24(11-13-32)35-25-9-8-21(26(31)17-25)16-27(33)22-7-6-20-5-4-19(18-30)14-23(20)15-22/h4-9,14-15,17,24,27,33H,10-13,16,31H2,1-3H3. The van der Waals surface area contributed by atoms with Gasteiger partial charge in [0.25, 0.3) is 0 Å². The van der Waals surface area contributed by atoms with Crippen molar-refractivity contribution in [2.24, 2.45) is 0 Å². The zero-order valence-corrected chi connectivity index (χ0v) is 21.0. The Morgan fingerprint density at radius 2 is 1.83 bits per heavy atom. The van der Waals surface area contributed by atoms with Crippen molar-refractivity contribution in [3.05, 3.63) is 71.3 Å². The van der Waals surface area contributed by atoms with Gasteiger partial charge in [0.2, 0.25) is 0 Å². The van der Waals surface area contributed by atoms with Gasteiger partial charge in [-0.2, -0.15) is 5.26 Å². The number of rotatable bonds is 5. The highest BCUT2D eigenvalue weighted by molar-refractivity contribution is 5.84. The summed E-state index contributed by atoms with van der Waals surface area (Å²) in [4.78, 5) is 14.0. The van der Waals surface area contributed by atoms with Gasteiger partial charge >= 0.3 is 6.09 Å². The van der Waals surface area contributed by atoms with Crippen LogP contribution in [-0.4, -0.2) is 40.9 Å². The number of likely N-dealkylation sites (tertiary alicyclic amines) is 1. The van der Waals surface area contributed by atoms with Crippen molar-refractivity contribution in [1.29, 1.82) is 5.26 Å². The molecule has 0 saturated carbocycles. The van der Waals surface area contributed by atoms with Crippen LogP contribution in [0.5, 0.6) is 5.75 Å². The number of aliphatic hydroxyl groups is 1. The Morgan fingerprint density at radius 1 is 1.11 bits per heavy atom. The highest BCUT2D eigenvalue weighted by Gasteiger charge is 2.27. The highest BCUT2D eigenvalue weighted by Crippen LogP contribution is 2.29. The Labute approximate surface area is 212 Å². The molecule has 4 rings (SSSR count). The summed E-state index contributed by atoms with van der Waals surface area (Å²) in [5.41, 5.74) is 8.55. The van der Waals surface area contributed by atoms with E-state index in [0.717, 1.165) is 34.7 Å². The summed E-state index contributed by atoms with van der Waals surface area (Å²) in [5, 5.41) is 21.9. The molecule has 1 unspecified atom stereocenters. The number of piperidine rings is 1. The maximum absolute atomic E-state index is 12.3. The molecule has 0 aliphatic carbocycles. The number of hydrogen-bond acceptors (Lipinski definition) is 6. The zero-order chi connectivity index (χ0) is 25.9. The van der Waals surface area contributed by atoms with Crippen molar-refractivity contribution in [3.8, 4) is 11.8 Å². The van der Waals surface area contributed by atoms with E-state index in [1.165, 1.54) is 0 Å². The summed E-state index contributed by atoms with van der Waals surface area (Å²) < 4.78 is 11.6. The van der Waals surface area contributed by atoms with Crippen molar-refractivity contribution >= 4 is 22.6 Å². The molecule has 1 saturated heterocycles. The number of benzene rings is 3. The van der Waals surface area contributed by atoms with E-state index < -0.39 is 11.7 Å². The number of nitrogen functional groups attached to an aromatic ring is 1. The number of carbonyl (C=O) groups excluding carboxylic acids is 1. The van der Waals surface area contributed by atoms with Crippen molar-refractivity contribution in [1.82, 2.24) is 4.90 Å². The molecule has 7 nitrogen and oxygen atoms in total. The lowest BCUT2D eigenvalue weighted by Crippen LogP contribution is -2.44. The van der Waals surface area contributed by atoms with Crippen molar-refractivity contribution < 1.29 is 19.4 Å². The van der Waals surface area contributed by atoms with Crippen LogP contribution in [0.25, 0.3) is 10.8 Å². The van der Waals surface area contributed by atoms with E-state index in [1.54, 1.807) is 17.0 Å². The summed E-state index contributed by atoms with van der Waals surface area (Å²) in [6, 6.07) is 19.0. The molecule has 3 aromatic carbocycles. The first-order chi connectivity index (χ1) is 17.1. The van der Waals surface area contributed by atoms with Crippen LogP contribution in [0.1, 0.15) is 56.4 Å². The van der Waals surface area contributed by atoms with E-state index in [9.17, 15) is 9.90 Å². The zero-order valence-electron chi connectivity index (χ0n) is 21.0. The topological polar surface area (TPSA) is 109 Å². The fraction of sp³-hybridized carbons (Fsp3) is 0.379. The smallest absolute Gasteiger partial charge is 0.410 e. The fourth-order valence-electron chi connectivity index (χ4n) is 4.38. The lowest BCUT2D eigenvalue weighted by molar-refractivity contribution is 0.0126. The summed E-state index contributed by atoms with van der Waals surface area (Å²) in [6.07, 6.45) is 0.778. The molecule has 1 atom stereocenters. The van der Waals surface area contributed by atoms with Crippen LogP contribution in [0, 0.1) is 11.3 Å². The van der Waals surface area contributed by atoms with E-state index in [1.807, 2.05) is 63.2 Å². The molecule has 0 radical (unpaired) electrons. The molecule has 1 fully saturated rings. The molecule has 3 N–H and O–H groups in total. The van der Waals surface area contributed by atoms with Crippen LogP contribution in [0.15, 0.2) is 54.6 Å². The maximum Gasteiger partial charge on any atom is 0.410 e. The first kappa shape index (κ1) is 25.3. The molecule has 0 bridgehead atoms. The van der Waals surface area contributed by atoms with Crippen LogP contribution in [0.3, 0.4) is 0 Å². The Hall–Kier alpha value is -3.76. The first-order valence-electron chi connectivity index (χ1n) is 12.3. The average molecular weight is 488 g/mol. The highest BCUT2D eigenvalue weighted by atomic mass is 16.6. The van der Waals surface area contributed by atoms with Crippen LogP contribution in [-0.2, 0) is 11.2 Å². The predicted octanol–water partition coefficient (Wildman–Crippen LogP) is 5.35. The van der Waals surface area contributed by atoms with Crippen molar-refractivity contribution in [2.45, 2.75) is 57.8 Å². The lowest BCUT2D eigenvalue weighted by atomic mass is 9.97. The average Bonchev–Trinajstić information content (AvgIpc) is 2.84. The number of nitrogens with zero attached hydrogens (tertiary/aromatic N) is 2. The number of ether oxygens (including phenoxy) is 2. The monoisotopic (exact) mass is 487 g/mol. The van der Waals surface area contributed by atoms with E-state index >= 15 is 0 Å². The van der Waals surface area contributed by atoms with Gasteiger partial charge in [-0.15, -0.1) is 0 Å². The molecular formula is C29H33N3O4. The predicted molar refractivity (Wildman–Crippen MR) is 140 cm³/mol. The number of nitriles is 1. The van der Waals surface area contributed by atoms with Crippen LogP contribution in [0.4, 0.5) is 10.5 Å². The summed E-state index contributed by atoms with van der Waals surface area (Å²) in [7, 11) is 0. The minimum atomic E-state index is -0.730. The van der Waals surface area contributed by atoms with Gasteiger partial charge in [-0.3, -0.25) is 0 Å². The second-order valence-corrected chi connectivity index (χ2v) is 10.3. The largest absolute Gasteiger partial charge is 0.490 e. The quantitative estimate of drug-likeness (QED) is 0.470. The molecule has 1 heterocycles. The van der Waals surface area contributed by atoms with Gasteiger partial charge in [0.15, 0.2) is 0 Å². The van der Waals surface area contributed by atoms with Gasteiger partial charge in [0.05, 0.1) is 17.7 Å². The second kappa shape index (κ2) is 10.5. The van der Waals surface area contributed by atoms with Gasteiger partial charge in [0, 0.05) is 44.1 Å². The van der Waals surface area contributed by atoms with Gasteiger partial charge < -0.3 is 25.2 Å². The molecule has 7 heteroatoms. The van der Waals surface area contributed by atoms with Gasteiger partial charge in [0.1, 0.15) is 17.5 Å². The number of nitrogens with two attached hydrogens (primary N) is 1. The fourth-order valence-corrected chi connectivity index (χ4v) is 4.38. The molecule has 3 aromatic rings. The first-order valence-corrected chi connectivity index (χ1v) is 12.3. The van der Waals surface area contributed by atoms with Crippen molar-refractivity contribution in [3.63, 3.8) is 0 Å². The second-order valence-electron chi connectivity index (χ2n) is 10.3. The van der Waals surface area contributed by atoms with Crippen LogP contribution >= 0.6 is 0 Å². The Bertz CT molecular complexity index is 1280. The van der Waals surface area contributed by atoms with Gasteiger partial charge in [-0.1, -0.05) is 24.3 Å². The van der Waals surface area contributed by atoms with Gasteiger partial charge in [-0.25, -0.2) is 4.79 Å². The Morgan fingerprint density at radius 3 is 2.50 bits per heavy atom. The molecule has 0 spiro atoms. The van der Waals surface area contributed by atoms with E-state index in [4.69, 9.17) is 20.5 Å². The number of carbonyl (C=O) groups is 1. The van der Waals surface area contributed by atoms with Crippen LogP contribution in [0.2, 0.25) is 0 Å². The minimum absolute atomic E-state index is 0.00423. The minimum Gasteiger partial charge on any atom is -0.490 e. The van der Waals surface area contributed by atoms with E-state index in [-0.39, 0.29) is 12.2 Å². The molecule has 1 amide bonds. The Kier molecular flexibility index (Phi) is 7.37. The third kappa shape index (κ3) is 6.27. The lowest BCUT2D eigenvalue weighted by Gasteiger charge is -2.33. The van der Waals surface area contributed by atoms with E-state index in [0.29, 0.717) is 36.5 Å². The van der Waals surface area contributed by atoms with Gasteiger partial charge in [-0.05, 0) is 66.9 Å². The molecule has 36 heavy (non-hydrogen) atoms. The summed E-state index contributed by atoms with van der Waals surface area (Å²) in [6.45, 7) is 6.75. The molecule has 1 aliphatic rings. The third-order valence-corrected chi connectivity index (χ3v) is 6.31. The Balaban J connectivity index is 1.35. The maximum atomic E-state index is 12.3.